The van der Waals surface area contributed by atoms with E-state index in [-0.39, 0.29) is 0 Å². The van der Waals surface area contributed by atoms with E-state index in [9.17, 15) is 0 Å². The van der Waals surface area contributed by atoms with Gasteiger partial charge in [0.25, 0.3) is 0 Å². The quantitative estimate of drug-likeness (QED) is 0.704. The van der Waals surface area contributed by atoms with Crippen LogP contribution in [-0.4, -0.2) is 31.1 Å². The molecule has 112 valence electrons. The average Bonchev–Trinajstić information content (AvgIpc) is 2.52. The minimum atomic E-state index is 0.777. The second kappa shape index (κ2) is 6.97. The first-order valence-electron chi connectivity index (χ1n) is 7.76. The molecule has 1 heterocycles. The molecule has 3 heteroatoms. The molecular formula is C18H22INO. The highest BCUT2D eigenvalue weighted by Gasteiger charge is 2.15. The van der Waals surface area contributed by atoms with Crippen LogP contribution < -0.4 is 4.74 Å². The number of benzene rings is 2. The first kappa shape index (κ1) is 15.1. The van der Waals surface area contributed by atoms with E-state index in [1.54, 1.807) is 0 Å². The van der Waals surface area contributed by atoms with Crippen LogP contribution >= 0.6 is 22.6 Å². The van der Waals surface area contributed by atoms with Crippen LogP contribution in [0.15, 0.2) is 36.4 Å². The number of halogens is 1. The lowest BCUT2D eigenvalue weighted by molar-refractivity contribution is 0.161. The molecule has 1 saturated heterocycles. The molecule has 2 nitrogen and oxygen atoms in total. The number of piperidine rings is 1. The molecule has 0 N–H and O–H groups in total. The minimum absolute atomic E-state index is 0.777. The third-order valence-electron chi connectivity index (χ3n) is 4.37. The maximum Gasteiger partial charge on any atom is 0.127 e. The van der Waals surface area contributed by atoms with Gasteiger partial charge in [-0.05, 0) is 72.0 Å². The third kappa shape index (κ3) is 3.69. The molecule has 3 rings (SSSR count). The fourth-order valence-corrected chi connectivity index (χ4v) is 3.58. The summed E-state index contributed by atoms with van der Waals surface area (Å²) in [6.45, 7) is 6.60. The highest BCUT2D eigenvalue weighted by atomic mass is 127. The van der Waals surface area contributed by atoms with E-state index < -0.39 is 0 Å². The topological polar surface area (TPSA) is 12.5 Å². The van der Waals surface area contributed by atoms with Crippen LogP contribution in [0, 0.1) is 9.49 Å². The van der Waals surface area contributed by atoms with Gasteiger partial charge in [-0.1, -0.05) is 31.2 Å². The standard InChI is InChI=1S/C18H22INO/c1-14-8-10-20(11-9-14)12-13-21-18-7-6-17(19)15-4-2-3-5-16(15)18/h2-7,14H,8-13H2,1H3. The number of rotatable bonds is 4. The number of nitrogens with zero attached hydrogens (tertiary/aromatic N) is 1. The van der Waals surface area contributed by atoms with Crippen molar-refractivity contribution >= 4 is 33.4 Å². The Labute approximate surface area is 140 Å². The summed E-state index contributed by atoms with van der Waals surface area (Å²) in [6.07, 6.45) is 2.65. The molecule has 0 atom stereocenters. The van der Waals surface area contributed by atoms with Gasteiger partial charge in [0.05, 0.1) is 0 Å². The van der Waals surface area contributed by atoms with E-state index >= 15 is 0 Å². The van der Waals surface area contributed by atoms with Gasteiger partial charge in [-0.15, -0.1) is 0 Å². The Morgan fingerprint density at radius 3 is 2.57 bits per heavy atom. The molecule has 1 aliphatic rings. The molecule has 0 amide bonds. The largest absolute Gasteiger partial charge is 0.492 e. The number of hydrogen-bond acceptors (Lipinski definition) is 2. The predicted molar refractivity (Wildman–Crippen MR) is 97.0 cm³/mol. The van der Waals surface area contributed by atoms with Gasteiger partial charge >= 0.3 is 0 Å². The maximum atomic E-state index is 6.06. The zero-order valence-corrected chi connectivity index (χ0v) is 14.7. The van der Waals surface area contributed by atoms with Gasteiger partial charge in [0.2, 0.25) is 0 Å². The van der Waals surface area contributed by atoms with Gasteiger partial charge in [0.1, 0.15) is 12.4 Å². The fourth-order valence-electron chi connectivity index (χ4n) is 2.93. The van der Waals surface area contributed by atoms with Gasteiger partial charge < -0.3 is 4.74 Å². The molecule has 2 aromatic rings. The van der Waals surface area contributed by atoms with E-state index in [1.807, 2.05) is 0 Å². The van der Waals surface area contributed by atoms with Crippen molar-refractivity contribution in [1.82, 2.24) is 4.90 Å². The Balaban J connectivity index is 1.62. The molecule has 0 unspecified atom stereocenters. The van der Waals surface area contributed by atoms with Crippen LogP contribution in [-0.2, 0) is 0 Å². The SMILES string of the molecule is CC1CCN(CCOc2ccc(I)c3ccccc23)CC1. The van der Waals surface area contributed by atoms with E-state index in [0.29, 0.717) is 0 Å². The lowest BCUT2D eigenvalue weighted by Gasteiger charge is -2.30. The molecule has 0 aromatic heterocycles. The van der Waals surface area contributed by atoms with Gasteiger partial charge in [-0.25, -0.2) is 0 Å². The average molecular weight is 395 g/mol. The third-order valence-corrected chi connectivity index (χ3v) is 5.31. The van der Waals surface area contributed by atoms with Crippen molar-refractivity contribution in [3.8, 4) is 5.75 Å². The van der Waals surface area contributed by atoms with Crippen LogP contribution in [0.1, 0.15) is 19.8 Å². The summed E-state index contributed by atoms with van der Waals surface area (Å²) in [6, 6.07) is 12.7. The van der Waals surface area contributed by atoms with Crippen LogP contribution in [0.2, 0.25) is 0 Å². The van der Waals surface area contributed by atoms with Gasteiger partial charge in [-0.2, -0.15) is 0 Å². The molecule has 2 aromatic carbocycles. The van der Waals surface area contributed by atoms with Crippen molar-refractivity contribution in [2.75, 3.05) is 26.2 Å². The predicted octanol–water partition coefficient (Wildman–Crippen LogP) is 4.56. The lowest BCUT2D eigenvalue weighted by atomic mass is 9.99. The zero-order chi connectivity index (χ0) is 14.7. The molecule has 0 saturated carbocycles. The Hall–Kier alpha value is -0.810. The Bertz CT molecular complexity index is 605. The number of ether oxygens (including phenoxy) is 1. The van der Waals surface area contributed by atoms with Gasteiger partial charge in [0.15, 0.2) is 0 Å². The summed E-state index contributed by atoms with van der Waals surface area (Å²) in [7, 11) is 0. The van der Waals surface area contributed by atoms with Crippen molar-refractivity contribution in [2.45, 2.75) is 19.8 Å². The van der Waals surface area contributed by atoms with Crippen molar-refractivity contribution in [3.05, 3.63) is 40.0 Å². The van der Waals surface area contributed by atoms with E-state index in [4.69, 9.17) is 4.74 Å². The molecule has 0 aliphatic carbocycles. The summed E-state index contributed by atoms with van der Waals surface area (Å²) >= 11 is 2.39. The van der Waals surface area contributed by atoms with E-state index in [1.165, 1.54) is 40.3 Å². The molecule has 1 fully saturated rings. The van der Waals surface area contributed by atoms with Crippen molar-refractivity contribution < 1.29 is 4.74 Å². The minimum Gasteiger partial charge on any atom is -0.492 e. The summed E-state index contributed by atoms with van der Waals surface area (Å²) in [5.41, 5.74) is 0. The molecule has 0 spiro atoms. The zero-order valence-electron chi connectivity index (χ0n) is 12.5. The highest BCUT2D eigenvalue weighted by molar-refractivity contribution is 14.1. The second-order valence-electron chi connectivity index (χ2n) is 5.96. The smallest absolute Gasteiger partial charge is 0.127 e. The molecule has 0 bridgehead atoms. The van der Waals surface area contributed by atoms with Crippen LogP contribution in [0.4, 0.5) is 0 Å². The molecule has 0 radical (unpaired) electrons. The summed E-state index contributed by atoms with van der Waals surface area (Å²) in [4.78, 5) is 2.52. The lowest BCUT2D eigenvalue weighted by Crippen LogP contribution is -2.35. The van der Waals surface area contributed by atoms with Crippen molar-refractivity contribution in [2.24, 2.45) is 5.92 Å². The van der Waals surface area contributed by atoms with Crippen LogP contribution in [0.25, 0.3) is 10.8 Å². The Morgan fingerprint density at radius 1 is 1.10 bits per heavy atom. The van der Waals surface area contributed by atoms with Crippen LogP contribution in [0.3, 0.4) is 0 Å². The van der Waals surface area contributed by atoms with Crippen LogP contribution in [0.5, 0.6) is 5.75 Å². The fraction of sp³-hybridized carbons (Fsp3) is 0.444. The van der Waals surface area contributed by atoms with E-state index in [0.717, 1.165) is 24.8 Å². The first-order chi connectivity index (χ1) is 10.2. The van der Waals surface area contributed by atoms with E-state index in [2.05, 4.69) is 70.8 Å². The summed E-state index contributed by atoms with van der Waals surface area (Å²) < 4.78 is 7.34. The summed E-state index contributed by atoms with van der Waals surface area (Å²) in [5.74, 6) is 1.90. The molecular weight excluding hydrogens is 373 g/mol. The van der Waals surface area contributed by atoms with Crippen molar-refractivity contribution in [3.63, 3.8) is 0 Å². The summed E-state index contributed by atoms with van der Waals surface area (Å²) in [5, 5.41) is 2.50. The maximum absolute atomic E-state index is 6.06. The molecule has 21 heavy (non-hydrogen) atoms. The number of likely N-dealkylation sites (tertiary alicyclic amines) is 1. The first-order valence-corrected chi connectivity index (χ1v) is 8.84. The van der Waals surface area contributed by atoms with Crippen molar-refractivity contribution in [1.29, 1.82) is 0 Å². The monoisotopic (exact) mass is 395 g/mol. The second-order valence-corrected chi connectivity index (χ2v) is 7.13. The highest BCUT2D eigenvalue weighted by Crippen LogP contribution is 2.29. The van der Waals surface area contributed by atoms with Gasteiger partial charge in [-0.3, -0.25) is 4.90 Å². The number of fused-ring (bicyclic) bond motifs is 1. The Morgan fingerprint density at radius 2 is 1.81 bits per heavy atom. The normalized spacial score (nSPS) is 17.2. The Kier molecular flexibility index (Phi) is 5.01. The molecule has 1 aliphatic heterocycles. The number of hydrogen-bond donors (Lipinski definition) is 0. The van der Waals surface area contributed by atoms with Gasteiger partial charge in [0, 0.05) is 15.5 Å².